The summed E-state index contributed by atoms with van der Waals surface area (Å²) in [5, 5.41) is 3.13. The highest BCUT2D eigenvalue weighted by Gasteiger charge is 2.16. The summed E-state index contributed by atoms with van der Waals surface area (Å²) in [6.45, 7) is 0.460. The maximum absolute atomic E-state index is 11.6. The van der Waals surface area contributed by atoms with Gasteiger partial charge in [-0.3, -0.25) is 10.1 Å². The zero-order valence-electron chi connectivity index (χ0n) is 12.9. The molecule has 1 unspecified atom stereocenters. The number of amides is 1. The number of carbonyl (C=O) groups excluding carboxylic acids is 1. The minimum atomic E-state index is -3.04. The van der Waals surface area contributed by atoms with Crippen molar-refractivity contribution in [2.24, 2.45) is 5.73 Å². The predicted molar refractivity (Wildman–Crippen MR) is 90.2 cm³/mol. The van der Waals surface area contributed by atoms with E-state index in [0.717, 1.165) is 16.7 Å². The molecule has 5 nitrogen and oxygen atoms in total. The molecule has 0 fully saturated rings. The van der Waals surface area contributed by atoms with Crippen LogP contribution in [0.25, 0.3) is 0 Å². The minimum absolute atomic E-state index is 0.0225. The lowest BCUT2D eigenvalue weighted by molar-refractivity contribution is -0.120. The second-order valence-corrected chi connectivity index (χ2v) is 7.65. The highest BCUT2D eigenvalue weighted by atomic mass is 32.2. The highest BCUT2D eigenvalue weighted by molar-refractivity contribution is 7.89. The lowest BCUT2D eigenvalue weighted by Gasteiger charge is -2.16. The number of primary amides is 1. The zero-order chi connectivity index (χ0) is 16.9. The van der Waals surface area contributed by atoms with E-state index >= 15 is 0 Å². The smallest absolute Gasteiger partial charge is 0.239 e. The Morgan fingerprint density at radius 3 is 2.13 bits per heavy atom. The van der Waals surface area contributed by atoms with E-state index < -0.39 is 21.8 Å². The van der Waals surface area contributed by atoms with Gasteiger partial charge in [-0.05, 0) is 16.7 Å². The first-order valence-corrected chi connectivity index (χ1v) is 9.24. The van der Waals surface area contributed by atoms with E-state index in [4.69, 9.17) is 5.73 Å². The van der Waals surface area contributed by atoms with Crippen LogP contribution in [-0.2, 0) is 26.9 Å². The number of rotatable bonds is 7. The Labute approximate surface area is 136 Å². The largest absolute Gasteiger partial charge is 0.368 e. The van der Waals surface area contributed by atoms with E-state index in [1.807, 2.05) is 42.5 Å². The van der Waals surface area contributed by atoms with Crippen LogP contribution >= 0.6 is 0 Å². The number of benzene rings is 2. The Hall–Kier alpha value is -2.18. The monoisotopic (exact) mass is 332 g/mol. The molecule has 1 amide bonds. The van der Waals surface area contributed by atoms with Gasteiger partial charge in [0, 0.05) is 12.8 Å². The zero-order valence-corrected chi connectivity index (χ0v) is 13.7. The molecule has 2 aromatic carbocycles. The molecule has 0 aromatic heterocycles. The van der Waals surface area contributed by atoms with Gasteiger partial charge in [0.15, 0.2) is 9.84 Å². The average molecular weight is 332 g/mol. The van der Waals surface area contributed by atoms with E-state index in [1.54, 1.807) is 12.1 Å². The molecule has 2 rings (SSSR count). The van der Waals surface area contributed by atoms with Crippen molar-refractivity contribution in [2.45, 2.75) is 18.3 Å². The second kappa shape index (κ2) is 7.39. The van der Waals surface area contributed by atoms with Crippen LogP contribution in [0.3, 0.4) is 0 Å². The lowest BCUT2D eigenvalue weighted by Crippen LogP contribution is -2.33. The summed E-state index contributed by atoms with van der Waals surface area (Å²) < 4.78 is 22.5. The molecule has 0 saturated carbocycles. The van der Waals surface area contributed by atoms with Gasteiger partial charge in [0.2, 0.25) is 5.91 Å². The van der Waals surface area contributed by atoms with Crippen LogP contribution < -0.4 is 11.1 Å². The first-order valence-electron chi connectivity index (χ1n) is 7.18. The van der Waals surface area contributed by atoms with Crippen molar-refractivity contribution in [2.75, 3.05) is 6.26 Å². The van der Waals surface area contributed by atoms with Crippen molar-refractivity contribution in [3.63, 3.8) is 0 Å². The third kappa shape index (κ3) is 5.50. The summed E-state index contributed by atoms with van der Waals surface area (Å²) in [5.74, 6) is -0.417. The molecule has 122 valence electrons. The van der Waals surface area contributed by atoms with Gasteiger partial charge in [-0.25, -0.2) is 8.42 Å². The molecule has 0 aliphatic heterocycles. The maximum atomic E-state index is 11.6. The molecule has 0 aliphatic carbocycles. The van der Waals surface area contributed by atoms with E-state index in [9.17, 15) is 13.2 Å². The maximum Gasteiger partial charge on any atom is 0.239 e. The number of hydrogen-bond acceptors (Lipinski definition) is 4. The predicted octanol–water partition coefficient (Wildman–Crippen LogP) is 1.55. The quantitative estimate of drug-likeness (QED) is 0.805. The Morgan fingerprint density at radius 1 is 1.04 bits per heavy atom. The Kier molecular flexibility index (Phi) is 5.52. The molecule has 0 aliphatic rings. The normalized spacial score (nSPS) is 12.7. The summed E-state index contributed by atoms with van der Waals surface area (Å²) in [4.78, 5) is 11.6. The van der Waals surface area contributed by atoms with Crippen LogP contribution in [0.1, 0.15) is 22.7 Å². The van der Waals surface area contributed by atoms with Crippen molar-refractivity contribution in [1.82, 2.24) is 5.32 Å². The molecule has 0 bridgehead atoms. The van der Waals surface area contributed by atoms with Gasteiger partial charge in [-0.2, -0.15) is 0 Å². The van der Waals surface area contributed by atoms with Crippen LogP contribution in [0.5, 0.6) is 0 Å². The first kappa shape index (κ1) is 17.2. The number of nitrogens with one attached hydrogen (secondary N) is 1. The molecular formula is C17H20N2O3S. The Balaban J connectivity index is 2.03. The molecule has 3 N–H and O–H groups in total. The molecule has 23 heavy (non-hydrogen) atoms. The van der Waals surface area contributed by atoms with Crippen LogP contribution in [0.2, 0.25) is 0 Å². The van der Waals surface area contributed by atoms with E-state index in [2.05, 4.69) is 5.32 Å². The third-order valence-electron chi connectivity index (χ3n) is 3.38. The average Bonchev–Trinajstić information content (AvgIpc) is 2.48. The molecule has 1 atom stereocenters. The van der Waals surface area contributed by atoms with Crippen molar-refractivity contribution in [1.29, 1.82) is 0 Å². The van der Waals surface area contributed by atoms with Crippen LogP contribution in [0.4, 0.5) is 0 Å². The summed E-state index contributed by atoms with van der Waals surface area (Å²) in [5.41, 5.74) is 7.96. The Bertz CT molecular complexity index is 756. The van der Waals surface area contributed by atoms with Crippen LogP contribution in [-0.4, -0.2) is 20.6 Å². The summed E-state index contributed by atoms with van der Waals surface area (Å²) in [7, 11) is -3.04. The van der Waals surface area contributed by atoms with Gasteiger partial charge in [0.05, 0.1) is 5.75 Å². The van der Waals surface area contributed by atoms with E-state index in [1.165, 1.54) is 6.26 Å². The molecular weight excluding hydrogens is 312 g/mol. The summed E-state index contributed by atoms with van der Waals surface area (Å²) >= 11 is 0. The fraction of sp³-hybridized carbons (Fsp3) is 0.235. The number of nitrogens with two attached hydrogens (primary N) is 1. The molecule has 6 heteroatoms. The third-order valence-corrected chi connectivity index (χ3v) is 4.24. The topological polar surface area (TPSA) is 89.3 Å². The fourth-order valence-corrected chi connectivity index (χ4v) is 3.10. The van der Waals surface area contributed by atoms with Gasteiger partial charge >= 0.3 is 0 Å². The van der Waals surface area contributed by atoms with Crippen LogP contribution in [0, 0.1) is 0 Å². The van der Waals surface area contributed by atoms with Crippen molar-refractivity contribution in [3.8, 4) is 0 Å². The van der Waals surface area contributed by atoms with Gasteiger partial charge in [-0.1, -0.05) is 54.6 Å². The van der Waals surface area contributed by atoms with Gasteiger partial charge < -0.3 is 5.73 Å². The van der Waals surface area contributed by atoms with Gasteiger partial charge in [-0.15, -0.1) is 0 Å². The highest BCUT2D eigenvalue weighted by Crippen LogP contribution is 2.14. The molecule has 0 saturated heterocycles. The molecule has 0 heterocycles. The second-order valence-electron chi connectivity index (χ2n) is 5.51. The lowest BCUT2D eigenvalue weighted by atomic mass is 10.1. The fourth-order valence-electron chi connectivity index (χ4n) is 2.30. The summed E-state index contributed by atoms with van der Waals surface area (Å²) in [6, 6.07) is 16.0. The number of hydrogen-bond donors (Lipinski definition) is 2. The SMILES string of the molecule is CS(=O)(=O)Cc1ccc(CNC(C(N)=O)c2ccccc2)cc1. The first-order chi connectivity index (χ1) is 10.8. The van der Waals surface area contributed by atoms with Gasteiger partial charge in [0.25, 0.3) is 0 Å². The minimum Gasteiger partial charge on any atom is -0.368 e. The van der Waals surface area contributed by atoms with E-state index in [0.29, 0.717) is 6.54 Å². The van der Waals surface area contributed by atoms with Crippen molar-refractivity contribution in [3.05, 3.63) is 71.3 Å². The molecule has 0 radical (unpaired) electrons. The summed E-state index contributed by atoms with van der Waals surface area (Å²) in [6.07, 6.45) is 1.21. The Morgan fingerprint density at radius 2 is 1.61 bits per heavy atom. The number of sulfone groups is 1. The standard InChI is InChI=1S/C17H20N2O3S/c1-23(21,22)12-14-9-7-13(8-10-14)11-19-16(17(18)20)15-5-3-2-4-6-15/h2-10,16,19H,11-12H2,1H3,(H2,18,20). The van der Waals surface area contributed by atoms with Crippen molar-refractivity contribution < 1.29 is 13.2 Å². The van der Waals surface area contributed by atoms with E-state index in [-0.39, 0.29) is 5.75 Å². The van der Waals surface area contributed by atoms with Crippen molar-refractivity contribution >= 4 is 15.7 Å². The van der Waals surface area contributed by atoms with Crippen LogP contribution in [0.15, 0.2) is 54.6 Å². The van der Waals surface area contributed by atoms with Gasteiger partial charge in [0.1, 0.15) is 6.04 Å². The number of carbonyl (C=O) groups is 1. The molecule has 2 aromatic rings. The molecule has 0 spiro atoms.